The summed E-state index contributed by atoms with van der Waals surface area (Å²) in [5.41, 5.74) is 10.9. The van der Waals surface area contributed by atoms with E-state index < -0.39 is 0 Å². The number of hydrogen-bond donors (Lipinski definition) is 1. The van der Waals surface area contributed by atoms with Gasteiger partial charge in [0.2, 0.25) is 5.91 Å². The van der Waals surface area contributed by atoms with Crippen molar-refractivity contribution in [1.82, 2.24) is 9.97 Å². The van der Waals surface area contributed by atoms with Crippen molar-refractivity contribution in [2.24, 2.45) is 11.7 Å². The predicted molar refractivity (Wildman–Crippen MR) is 89.6 cm³/mol. The first-order valence-electron chi connectivity index (χ1n) is 7.95. The van der Waals surface area contributed by atoms with Crippen molar-refractivity contribution in [3.63, 3.8) is 0 Å². The first kappa shape index (κ1) is 14.8. The molecule has 1 aliphatic rings. The summed E-state index contributed by atoms with van der Waals surface area (Å²) in [5, 5.41) is 0. The Morgan fingerprint density at radius 2 is 2.00 bits per heavy atom. The Kier molecular flexibility index (Phi) is 3.49. The molecule has 0 saturated heterocycles. The molecule has 1 aromatic carbocycles. The van der Waals surface area contributed by atoms with Gasteiger partial charge in [0.1, 0.15) is 5.82 Å². The van der Waals surface area contributed by atoms with Crippen molar-refractivity contribution in [2.45, 2.75) is 19.3 Å². The van der Waals surface area contributed by atoms with Gasteiger partial charge in [-0.2, -0.15) is 0 Å². The molecule has 0 saturated carbocycles. The second-order valence-electron chi connectivity index (χ2n) is 6.13. The SMILES string of the molecule is NC(=O)C1CCc2c(nc3cccnc3c2-c2ccc(F)cc2)C1. The predicted octanol–water partition coefficient (Wildman–Crippen LogP) is 3.03. The number of benzene rings is 1. The van der Waals surface area contributed by atoms with E-state index in [2.05, 4.69) is 4.98 Å². The van der Waals surface area contributed by atoms with Crippen LogP contribution in [0.5, 0.6) is 0 Å². The molecule has 2 N–H and O–H groups in total. The number of nitrogens with zero attached hydrogens (tertiary/aromatic N) is 2. The molecule has 0 fully saturated rings. The first-order valence-corrected chi connectivity index (χ1v) is 7.95. The van der Waals surface area contributed by atoms with Gasteiger partial charge in [-0.05, 0) is 48.2 Å². The van der Waals surface area contributed by atoms with Crippen molar-refractivity contribution < 1.29 is 9.18 Å². The van der Waals surface area contributed by atoms with Gasteiger partial charge in [0.15, 0.2) is 0 Å². The summed E-state index contributed by atoms with van der Waals surface area (Å²) < 4.78 is 13.3. The molecule has 2 aromatic heterocycles. The van der Waals surface area contributed by atoms with E-state index in [1.807, 2.05) is 12.1 Å². The smallest absolute Gasteiger partial charge is 0.220 e. The number of primary amides is 1. The Hall–Kier alpha value is -2.82. The molecular weight excluding hydrogens is 305 g/mol. The van der Waals surface area contributed by atoms with Gasteiger partial charge in [-0.25, -0.2) is 4.39 Å². The highest BCUT2D eigenvalue weighted by Crippen LogP contribution is 2.36. The van der Waals surface area contributed by atoms with Crippen LogP contribution in [-0.2, 0) is 17.6 Å². The molecule has 0 radical (unpaired) electrons. The monoisotopic (exact) mass is 321 g/mol. The Morgan fingerprint density at radius 1 is 1.21 bits per heavy atom. The van der Waals surface area contributed by atoms with Gasteiger partial charge < -0.3 is 5.73 Å². The molecule has 0 aliphatic heterocycles. The molecule has 2 heterocycles. The maximum absolute atomic E-state index is 13.3. The first-order chi connectivity index (χ1) is 11.6. The third-order valence-electron chi connectivity index (χ3n) is 4.65. The lowest BCUT2D eigenvalue weighted by atomic mass is 9.82. The van der Waals surface area contributed by atoms with Crippen LogP contribution >= 0.6 is 0 Å². The second kappa shape index (κ2) is 5.67. The van der Waals surface area contributed by atoms with Crippen molar-refractivity contribution in [2.75, 3.05) is 0 Å². The molecule has 1 amide bonds. The lowest BCUT2D eigenvalue weighted by molar-refractivity contribution is -0.122. The Balaban J connectivity index is 1.97. The van der Waals surface area contributed by atoms with E-state index in [0.717, 1.165) is 39.8 Å². The second-order valence-corrected chi connectivity index (χ2v) is 6.13. The van der Waals surface area contributed by atoms with Crippen LogP contribution in [0.25, 0.3) is 22.2 Å². The van der Waals surface area contributed by atoms with Gasteiger partial charge in [-0.15, -0.1) is 0 Å². The third-order valence-corrected chi connectivity index (χ3v) is 4.65. The van der Waals surface area contributed by atoms with Crippen LogP contribution in [0.3, 0.4) is 0 Å². The summed E-state index contributed by atoms with van der Waals surface area (Å²) in [7, 11) is 0. The fraction of sp³-hybridized carbons (Fsp3) is 0.211. The molecule has 1 aliphatic carbocycles. The van der Waals surface area contributed by atoms with E-state index in [1.54, 1.807) is 18.3 Å². The highest BCUT2D eigenvalue weighted by molar-refractivity contribution is 5.94. The number of aromatic nitrogens is 2. The number of halogens is 1. The number of amides is 1. The fourth-order valence-electron chi connectivity index (χ4n) is 3.44. The topological polar surface area (TPSA) is 68.9 Å². The molecule has 1 atom stereocenters. The van der Waals surface area contributed by atoms with E-state index in [4.69, 9.17) is 10.7 Å². The van der Waals surface area contributed by atoms with Crippen LogP contribution in [0.1, 0.15) is 17.7 Å². The molecule has 5 heteroatoms. The van der Waals surface area contributed by atoms with E-state index in [1.165, 1.54) is 12.1 Å². The molecule has 24 heavy (non-hydrogen) atoms. The van der Waals surface area contributed by atoms with Gasteiger partial charge >= 0.3 is 0 Å². The van der Waals surface area contributed by atoms with Gasteiger partial charge in [0.05, 0.1) is 11.0 Å². The molecule has 0 bridgehead atoms. The summed E-state index contributed by atoms with van der Waals surface area (Å²) in [6.07, 6.45) is 3.70. The summed E-state index contributed by atoms with van der Waals surface area (Å²) in [5.74, 6) is -0.731. The van der Waals surface area contributed by atoms with E-state index in [9.17, 15) is 9.18 Å². The standard InChI is InChI=1S/C19H16FN3O/c20-13-6-3-11(4-7-13)17-14-8-5-12(19(21)24)10-16(14)23-15-2-1-9-22-18(15)17/h1-4,6-7,9,12H,5,8,10H2,(H2,21,24). The number of carbonyl (C=O) groups is 1. The third kappa shape index (κ3) is 2.42. The van der Waals surface area contributed by atoms with Crippen molar-refractivity contribution in [3.8, 4) is 11.1 Å². The summed E-state index contributed by atoms with van der Waals surface area (Å²) >= 11 is 0. The van der Waals surface area contributed by atoms with Gasteiger partial charge in [0, 0.05) is 29.8 Å². The average molecular weight is 321 g/mol. The number of hydrogen-bond acceptors (Lipinski definition) is 3. The minimum Gasteiger partial charge on any atom is -0.369 e. The maximum atomic E-state index is 13.3. The van der Waals surface area contributed by atoms with Crippen LogP contribution in [0.2, 0.25) is 0 Å². The molecule has 4 nitrogen and oxygen atoms in total. The Labute approximate surface area is 138 Å². The van der Waals surface area contributed by atoms with Crippen molar-refractivity contribution >= 4 is 16.9 Å². The fourth-order valence-corrected chi connectivity index (χ4v) is 3.44. The Morgan fingerprint density at radius 3 is 2.75 bits per heavy atom. The van der Waals surface area contributed by atoms with Gasteiger partial charge in [-0.1, -0.05) is 12.1 Å². The highest BCUT2D eigenvalue weighted by Gasteiger charge is 2.27. The molecular formula is C19H16FN3O. The molecule has 3 aromatic rings. The molecule has 4 rings (SSSR count). The summed E-state index contributed by atoms with van der Waals surface area (Å²) in [6.45, 7) is 0. The molecule has 120 valence electrons. The number of rotatable bonds is 2. The lowest BCUT2D eigenvalue weighted by Gasteiger charge is -2.24. The highest BCUT2D eigenvalue weighted by atomic mass is 19.1. The normalized spacial score (nSPS) is 16.8. The van der Waals surface area contributed by atoms with Crippen LogP contribution in [0.4, 0.5) is 4.39 Å². The number of nitrogens with two attached hydrogens (primary N) is 1. The van der Waals surface area contributed by atoms with Gasteiger partial charge in [-0.3, -0.25) is 14.8 Å². The molecule has 0 spiro atoms. The zero-order chi connectivity index (χ0) is 16.7. The van der Waals surface area contributed by atoms with E-state index in [-0.39, 0.29) is 17.6 Å². The quantitative estimate of drug-likeness (QED) is 0.789. The minimum absolute atomic E-state index is 0.180. The number of pyridine rings is 2. The minimum atomic E-state index is -0.280. The van der Waals surface area contributed by atoms with Crippen LogP contribution in [-0.4, -0.2) is 15.9 Å². The molecule has 1 unspecified atom stereocenters. The van der Waals surface area contributed by atoms with Crippen LogP contribution in [0, 0.1) is 11.7 Å². The van der Waals surface area contributed by atoms with Crippen molar-refractivity contribution in [1.29, 1.82) is 0 Å². The summed E-state index contributed by atoms with van der Waals surface area (Å²) in [4.78, 5) is 20.8. The summed E-state index contributed by atoms with van der Waals surface area (Å²) in [6, 6.07) is 10.2. The zero-order valence-electron chi connectivity index (χ0n) is 13.0. The van der Waals surface area contributed by atoms with Crippen LogP contribution in [0.15, 0.2) is 42.6 Å². The largest absolute Gasteiger partial charge is 0.369 e. The number of fused-ring (bicyclic) bond motifs is 2. The Bertz CT molecular complexity index is 937. The van der Waals surface area contributed by atoms with Crippen LogP contribution < -0.4 is 5.73 Å². The lowest BCUT2D eigenvalue weighted by Crippen LogP contribution is -2.29. The number of carbonyl (C=O) groups excluding carboxylic acids is 1. The van der Waals surface area contributed by atoms with Gasteiger partial charge in [0.25, 0.3) is 0 Å². The maximum Gasteiger partial charge on any atom is 0.220 e. The van der Waals surface area contributed by atoms with E-state index >= 15 is 0 Å². The average Bonchev–Trinajstić information content (AvgIpc) is 2.60. The van der Waals surface area contributed by atoms with Crippen molar-refractivity contribution in [3.05, 3.63) is 59.7 Å². The van der Waals surface area contributed by atoms with E-state index in [0.29, 0.717) is 12.8 Å². The zero-order valence-corrected chi connectivity index (χ0v) is 13.0.